The van der Waals surface area contributed by atoms with Crippen molar-refractivity contribution in [2.75, 3.05) is 13.2 Å². The van der Waals surface area contributed by atoms with E-state index in [4.69, 9.17) is 10.00 Å². The van der Waals surface area contributed by atoms with E-state index in [1.165, 1.54) is 6.07 Å². The Morgan fingerprint density at radius 2 is 1.96 bits per heavy atom. The van der Waals surface area contributed by atoms with E-state index in [1.54, 1.807) is 42.5 Å². The number of nitrogens with zero attached hydrogens (tertiary/aromatic N) is 2. The molecule has 2 aromatic rings. The Kier molecular flexibility index (Phi) is 4.94. The lowest BCUT2D eigenvalue weighted by atomic mass is 10.0. The largest absolute Gasteiger partial charge is 0.439 e. The highest BCUT2D eigenvalue weighted by Crippen LogP contribution is 2.18. The van der Waals surface area contributed by atoms with Gasteiger partial charge in [0, 0.05) is 5.56 Å². The number of imide groups is 1. The first-order valence-electron chi connectivity index (χ1n) is 7.91. The highest BCUT2D eigenvalue weighted by molar-refractivity contribution is 5.98. The van der Waals surface area contributed by atoms with E-state index in [0.29, 0.717) is 11.1 Å². The quantitative estimate of drug-likeness (QED) is 0.890. The van der Waals surface area contributed by atoms with E-state index in [1.807, 2.05) is 12.1 Å². The number of hydrogen-bond donors (Lipinski definition) is 1. The number of nitrogens with one attached hydrogen (secondary N) is 1. The van der Waals surface area contributed by atoms with Gasteiger partial charge in [0.15, 0.2) is 6.61 Å². The second-order valence-electron chi connectivity index (χ2n) is 5.69. The van der Waals surface area contributed by atoms with E-state index in [0.717, 1.165) is 10.5 Å². The fourth-order valence-corrected chi connectivity index (χ4v) is 2.63. The van der Waals surface area contributed by atoms with Crippen LogP contribution in [0.2, 0.25) is 0 Å². The van der Waals surface area contributed by atoms with Gasteiger partial charge in [-0.2, -0.15) is 5.26 Å². The molecule has 0 aliphatic carbocycles. The molecular formula is C19H15N3O4. The molecule has 1 saturated heterocycles. The molecule has 0 bridgehead atoms. The van der Waals surface area contributed by atoms with Gasteiger partial charge in [0.1, 0.15) is 0 Å². The molecule has 1 aliphatic rings. The van der Waals surface area contributed by atoms with E-state index in [9.17, 15) is 14.4 Å². The summed E-state index contributed by atoms with van der Waals surface area (Å²) in [5, 5.41) is 11.8. The zero-order valence-electron chi connectivity index (χ0n) is 13.7. The molecule has 1 fully saturated rings. The first kappa shape index (κ1) is 17.2. The van der Waals surface area contributed by atoms with Crippen LogP contribution in [0.15, 0.2) is 54.6 Å². The molecule has 0 spiro atoms. The van der Waals surface area contributed by atoms with Crippen molar-refractivity contribution in [3.05, 3.63) is 71.3 Å². The summed E-state index contributed by atoms with van der Waals surface area (Å²) in [5.41, 5.74) is 1.43. The van der Waals surface area contributed by atoms with E-state index >= 15 is 0 Å². The van der Waals surface area contributed by atoms with Gasteiger partial charge in [-0.3, -0.25) is 9.59 Å². The lowest BCUT2D eigenvalue weighted by Crippen LogP contribution is -2.40. The standard InChI is InChI=1S/C19H15N3O4/c20-10-13-5-4-8-15(9-13)18(24)21-16(14-6-2-1-3-7-14)11-22-17(23)12-26-19(22)25/h1-9,16H,11-12H2,(H,21,24)/t16-/m0/s1. The number of cyclic esters (lactones) is 1. The Labute approximate surface area is 149 Å². The summed E-state index contributed by atoms with van der Waals surface area (Å²) in [5.74, 6) is -0.854. The molecule has 1 N–H and O–H groups in total. The molecule has 0 radical (unpaired) electrons. The number of carbonyl (C=O) groups is 3. The molecule has 1 aliphatic heterocycles. The van der Waals surface area contributed by atoms with Gasteiger partial charge in [0.05, 0.1) is 24.2 Å². The van der Waals surface area contributed by atoms with Crippen LogP contribution < -0.4 is 5.32 Å². The number of carbonyl (C=O) groups excluding carboxylic acids is 3. The zero-order chi connectivity index (χ0) is 18.5. The van der Waals surface area contributed by atoms with Gasteiger partial charge in [-0.25, -0.2) is 9.69 Å². The van der Waals surface area contributed by atoms with Crippen molar-refractivity contribution >= 4 is 17.9 Å². The summed E-state index contributed by atoms with van der Waals surface area (Å²) in [7, 11) is 0. The normalized spacial score (nSPS) is 14.5. The molecular weight excluding hydrogens is 334 g/mol. The van der Waals surface area contributed by atoms with E-state index < -0.39 is 23.9 Å². The van der Waals surface area contributed by atoms with Crippen LogP contribution in [0.5, 0.6) is 0 Å². The Bertz CT molecular complexity index is 873. The van der Waals surface area contributed by atoms with Gasteiger partial charge >= 0.3 is 6.09 Å². The van der Waals surface area contributed by atoms with Crippen LogP contribution in [-0.4, -0.2) is 36.0 Å². The van der Waals surface area contributed by atoms with Crippen LogP contribution in [0.4, 0.5) is 4.79 Å². The van der Waals surface area contributed by atoms with E-state index in [-0.39, 0.29) is 13.2 Å². The summed E-state index contributed by atoms with van der Waals surface area (Å²) in [6.45, 7) is -0.329. The van der Waals surface area contributed by atoms with Crippen molar-refractivity contribution in [2.45, 2.75) is 6.04 Å². The van der Waals surface area contributed by atoms with Crippen LogP contribution in [0, 0.1) is 11.3 Å². The monoisotopic (exact) mass is 349 g/mol. The fraction of sp³-hybridized carbons (Fsp3) is 0.158. The molecule has 3 amide bonds. The third-order valence-electron chi connectivity index (χ3n) is 3.97. The number of nitriles is 1. The van der Waals surface area contributed by atoms with Gasteiger partial charge in [0.2, 0.25) is 0 Å². The number of rotatable bonds is 5. The summed E-state index contributed by atoms with van der Waals surface area (Å²) in [6.07, 6.45) is -0.725. The average Bonchev–Trinajstić information content (AvgIpc) is 3.00. The third-order valence-corrected chi connectivity index (χ3v) is 3.97. The predicted molar refractivity (Wildman–Crippen MR) is 90.9 cm³/mol. The number of ether oxygens (including phenoxy) is 1. The summed E-state index contributed by atoms with van der Waals surface area (Å²) in [4.78, 5) is 37.1. The Morgan fingerprint density at radius 1 is 1.19 bits per heavy atom. The van der Waals surface area contributed by atoms with Crippen molar-refractivity contribution in [1.29, 1.82) is 5.26 Å². The summed E-state index contributed by atoms with van der Waals surface area (Å²) >= 11 is 0. The van der Waals surface area contributed by atoms with Gasteiger partial charge < -0.3 is 10.1 Å². The maximum atomic E-state index is 12.6. The second-order valence-corrected chi connectivity index (χ2v) is 5.69. The number of amides is 3. The number of benzene rings is 2. The fourth-order valence-electron chi connectivity index (χ4n) is 2.63. The minimum atomic E-state index is -0.725. The molecule has 0 unspecified atom stereocenters. The van der Waals surface area contributed by atoms with Gasteiger partial charge in [-0.1, -0.05) is 36.4 Å². The Hall–Kier alpha value is -3.66. The average molecular weight is 349 g/mol. The molecule has 7 nitrogen and oxygen atoms in total. The topological polar surface area (TPSA) is 99.5 Å². The zero-order valence-corrected chi connectivity index (χ0v) is 13.7. The van der Waals surface area contributed by atoms with Crippen molar-refractivity contribution < 1.29 is 19.1 Å². The lowest BCUT2D eigenvalue weighted by Gasteiger charge is -2.23. The summed E-state index contributed by atoms with van der Waals surface area (Å²) < 4.78 is 4.72. The minimum absolute atomic E-state index is 0.0363. The maximum absolute atomic E-state index is 12.6. The third kappa shape index (κ3) is 3.70. The Balaban J connectivity index is 1.84. The molecule has 130 valence electrons. The van der Waals surface area contributed by atoms with Gasteiger partial charge in [-0.05, 0) is 23.8 Å². The predicted octanol–water partition coefficient (Wildman–Crippen LogP) is 2.01. The van der Waals surface area contributed by atoms with Crippen molar-refractivity contribution in [2.24, 2.45) is 0 Å². The lowest BCUT2D eigenvalue weighted by molar-refractivity contribution is -0.126. The van der Waals surface area contributed by atoms with Crippen molar-refractivity contribution in [3.63, 3.8) is 0 Å². The van der Waals surface area contributed by atoms with Gasteiger partial charge in [0.25, 0.3) is 11.8 Å². The molecule has 1 heterocycles. The smallest absolute Gasteiger partial charge is 0.417 e. The minimum Gasteiger partial charge on any atom is -0.439 e. The van der Waals surface area contributed by atoms with Crippen LogP contribution >= 0.6 is 0 Å². The van der Waals surface area contributed by atoms with Crippen LogP contribution in [0.25, 0.3) is 0 Å². The first-order valence-corrected chi connectivity index (χ1v) is 7.91. The van der Waals surface area contributed by atoms with Crippen LogP contribution in [0.3, 0.4) is 0 Å². The van der Waals surface area contributed by atoms with Gasteiger partial charge in [-0.15, -0.1) is 0 Å². The molecule has 26 heavy (non-hydrogen) atoms. The summed E-state index contributed by atoms with van der Waals surface area (Å²) in [6, 6.07) is 16.7. The second kappa shape index (κ2) is 7.49. The van der Waals surface area contributed by atoms with Crippen LogP contribution in [-0.2, 0) is 9.53 Å². The molecule has 7 heteroatoms. The molecule has 0 saturated carbocycles. The molecule has 2 aromatic carbocycles. The number of hydrogen-bond acceptors (Lipinski definition) is 5. The molecule has 1 atom stereocenters. The Morgan fingerprint density at radius 3 is 2.62 bits per heavy atom. The highest BCUT2D eigenvalue weighted by Gasteiger charge is 2.33. The van der Waals surface area contributed by atoms with Crippen LogP contribution in [0.1, 0.15) is 27.5 Å². The highest BCUT2D eigenvalue weighted by atomic mass is 16.6. The van der Waals surface area contributed by atoms with E-state index in [2.05, 4.69) is 5.32 Å². The van der Waals surface area contributed by atoms with Crippen molar-refractivity contribution in [1.82, 2.24) is 10.2 Å². The molecule has 3 rings (SSSR count). The van der Waals surface area contributed by atoms with Crippen molar-refractivity contribution in [3.8, 4) is 6.07 Å². The first-order chi connectivity index (χ1) is 12.6. The SMILES string of the molecule is N#Cc1cccc(C(=O)N[C@@H](CN2C(=O)COC2=O)c2ccccc2)c1. The molecule has 0 aromatic heterocycles. The maximum Gasteiger partial charge on any atom is 0.417 e.